The molecule has 0 aromatic rings. The molecule has 0 amide bonds. The summed E-state index contributed by atoms with van der Waals surface area (Å²) in [6, 6.07) is 0. The van der Waals surface area contributed by atoms with Crippen molar-refractivity contribution in [2.75, 3.05) is 0 Å². The summed E-state index contributed by atoms with van der Waals surface area (Å²) >= 11 is 0. The Morgan fingerprint density at radius 1 is 1.17 bits per heavy atom. The first kappa shape index (κ1) is 15.4. The Morgan fingerprint density at radius 3 is 1.42 bits per heavy atom. The first-order chi connectivity index (χ1) is 4.93. The number of hydrogen-bond acceptors (Lipinski definition) is 2. The third kappa shape index (κ3) is 3.00. The van der Waals surface area contributed by atoms with Crippen LogP contribution in [0, 0.1) is 0 Å². The van der Waals surface area contributed by atoms with Crippen molar-refractivity contribution in [3.8, 4) is 0 Å². The molecule has 0 radical (unpaired) electrons. The molecule has 0 fully saturated rings. The second-order valence-corrected chi connectivity index (χ2v) is 4.53. The van der Waals surface area contributed by atoms with Crippen molar-refractivity contribution >= 4 is 10.1 Å². The molecule has 1 N–H and O–H groups in total. The molecule has 0 aliphatic heterocycles. The molecule has 0 aliphatic rings. The number of rotatable bonds is 4. The van der Waals surface area contributed by atoms with Crippen LogP contribution in [-0.4, -0.2) is 17.7 Å². The van der Waals surface area contributed by atoms with Crippen molar-refractivity contribution in [2.45, 2.75) is 44.8 Å². The van der Waals surface area contributed by atoms with Gasteiger partial charge in [0.1, 0.15) is 0 Å². The van der Waals surface area contributed by atoms with Crippen LogP contribution in [0.15, 0.2) is 0 Å². The Morgan fingerprint density at radius 2 is 1.42 bits per heavy atom. The number of hydrogen-bond donors (Lipinski definition) is 1. The fraction of sp³-hybridized carbons (Fsp3) is 1.00. The first-order valence-corrected chi connectivity index (χ1v) is 5.34. The predicted molar refractivity (Wildman–Crippen MR) is 46.3 cm³/mol. The van der Waals surface area contributed by atoms with Gasteiger partial charge in [-0.1, -0.05) is 20.8 Å². The molecule has 0 aromatic carbocycles. The van der Waals surface area contributed by atoms with Gasteiger partial charge in [0.25, 0.3) is 10.1 Å². The predicted octanol–water partition coefficient (Wildman–Crippen LogP) is -1.04. The van der Waals surface area contributed by atoms with E-state index >= 15 is 0 Å². The van der Waals surface area contributed by atoms with Gasteiger partial charge in [-0.3, -0.25) is 4.55 Å². The van der Waals surface area contributed by atoms with Crippen LogP contribution in [0.1, 0.15) is 41.5 Å². The summed E-state index contributed by atoms with van der Waals surface area (Å²) in [5.74, 6) is 0. The van der Waals surface area contributed by atoms with Crippen molar-refractivity contribution in [2.24, 2.45) is 0 Å². The zero-order chi connectivity index (χ0) is 9.12. The molecule has 0 unspecified atom stereocenters. The largest absolute Gasteiger partial charge is 1.00 e. The van der Waals surface area contributed by atoms with E-state index in [2.05, 4.69) is 0 Å². The van der Waals surface area contributed by atoms with E-state index in [0.717, 1.165) is 0 Å². The van der Waals surface area contributed by atoms with Crippen LogP contribution in [0.25, 0.3) is 0 Å². The van der Waals surface area contributed by atoms with Crippen molar-refractivity contribution in [1.29, 1.82) is 0 Å². The molecule has 12 heavy (non-hydrogen) atoms. The molecule has 5 heteroatoms. The van der Waals surface area contributed by atoms with Gasteiger partial charge in [0, 0.05) is 0 Å². The summed E-state index contributed by atoms with van der Waals surface area (Å²) in [6.07, 6.45) is 1.41. The molecular weight excluding hydrogens is 187 g/mol. The minimum atomic E-state index is -3.88. The van der Waals surface area contributed by atoms with Crippen LogP contribution in [-0.2, 0) is 10.1 Å². The van der Waals surface area contributed by atoms with Crippen LogP contribution in [0.2, 0.25) is 0 Å². The van der Waals surface area contributed by atoms with Gasteiger partial charge in [0.15, 0.2) is 0 Å². The molecule has 0 aliphatic carbocycles. The molecule has 3 nitrogen and oxygen atoms in total. The van der Waals surface area contributed by atoms with Gasteiger partial charge < -0.3 is 1.43 Å². The Bertz CT molecular complexity index is 204. The fourth-order valence-corrected chi connectivity index (χ4v) is 2.39. The summed E-state index contributed by atoms with van der Waals surface area (Å²) in [5.41, 5.74) is 0. The van der Waals surface area contributed by atoms with Crippen LogP contribution in [0.5, 0.6) is 0 Å². The van der Waals surface area contributed by atoms with Crippen LogP contribution >= 0.6 is 0 Å². The Kier molecular flexibility index (Phi) is 7.18. The smallest absolute Gasteiger partial charge is 1.00 e. The zero-order valence-corrected chi connectivity index (χ0v) is 11.1. The quantitative estimate of drug-likeness (QED) is 0.470. The minimum Gasteiger partial charge on any atom is -1.00 e. The topological polar surface area (TPSA) is 54.4 Å². The first-order valence-electron chi connectivity index (χ1n) is 3.90. The van der Waals surface area contributed by atoms with E-state index in [-0.39, 0.29) is 31.0 Å². The molecule has 70 valence electrons. The molecule has 0 bridgehead atoms. The molecule has 0 rings (SSSR count). The van der Waals surface area contributed by atoms with Crippen molar-refractivity contribution < 1.29 is 44.0 Å². The van der Waals surface area contributed by atoms with Crippen molar-refractivity contribution in [3.05, 3.63) is 0 Å². The molecule has 0 spiro atoms. The van der Waals surface area contributed by atoms with Crippen molar-refractivity contribution in [1.82, 2.24) is 0 Å². The molecule has 0 atom stereocenters. The van der Waals surface area contributed by atoms with E-state index in [9.17, 15) is 8.42 Å². The summed E-state index contributed by atoms with van der Waals surface area (Å²) in [5, 5.41) is 0. The average Bonchev–Trinajstić information content (AvgIpc) is 1.90. The Hall–Kier alpha value is 0.910. The third-order valence-electron chi connectivity index (χ3n) is 2.48. The summed E-state index contributed by atoms with van der Waals surface area (Å²) in [7, 11) is -3.88. The van der Waals surface area contributed by atoms with E-state index in [1.54, 1.807) is 20.8 Å². The van der Waals surface area contributed by atoms with E-state index < -0.39 is 14.9 Å². The molecule has 0 heterocycles. The second kappa shape index (κ2) is 5.60. The Labute approximate surface area is 98.5 Å². The minimum absolute atomic E-state index is 0. The standard InChI is InChI=1S/C7H16O3S.Na.H/c1-4-7(5-2,6-3)11(8,9)10;;/h4-6H2,1-3H3,(H,8,9,10);;/q;+1;-1. The van der Waals surface area contributed by atoms with Gasteiger partial charge in [-0.15, -0.1) is 0 Å². The van der Waals surface area contributed by atoms with Gasteiger partial charge in [-0.05, 0) is 19.3 Å². The maximum absolute atomic E-state index is 10.9. The van der Waals surface area contributed by atoms with Crippen LogP contribution in [0.4, 0.5) is 0 Å². The fourth-order valence-electron chi connectivity index (χ4n) is 1.30. The van der Waals surface area contributed by atoms with Gasteiger partial charge in [-0.25, -0.2) is 0 Å². The van der Waals surface area contributed by atoms with E-state index in [1.807, 2.05) is 0 Å². The summed E-state index contributed by atoms with van der Waals surface area (Å²) < 4.78 is 29.8. The maximum Gasteiger partial charge on any atom is 1.00 e. The van der Waals surface area contributed by atoms with E-state index in [1.165, 1.54) is 0 Å². The van der Waals surface area contributed by atoms with E-state index in [4.69, 9.17) is 4.55 Å². The van der Waals surface area contributed by atoms with Gasteiger partial charge in [0.2, 0.25) is 0 Å². The van der Waals surface area contributed by atoms with Crippen molar-refractivity contribution in [3.63, 3.8) is 0 Å². The van der Waals surface area contributed by atoms with Gasteiger partial charge in [-0.2, -0.15) is 8.42 Å². The van der Waals surface area contributed by atoms with Gasteiger partial charge in [0.05, 0.1) is 4.75 Å². The van der Waals surface area contributed by atoms with Crippen LogP contribution in [0.3, 0.4) is 0 Å². The Balaban J connectivity index is -0.000000500. The monoisotopic (exact) mass is 204 g/mol. The molecule has 0 saturated heterocycles. The van der Waals surface area contributed by atoms with E-state index in [0.29, 0.717) is 19.3 Å². The molecular formula is C7H17NaO3S. The summed E-state index contributed by atoms with van der Waals surface area (Å²) in [4.78, 5) is 0. The third-order valence-corrected chi connectivity index (χ3v) is 4.44. The molecule has 0 saturated carbocycles. The SMILES string of the molecule is CCC(CC)(CC)S(=O)(=O)O.[H-].[Na+]. The summed E-state index contributed by atoms with van der Waals surface area (Å²) in [6.45, 7) is 5.34. The van der Waals surface area contributed by atoms with Gasteiger partial charge >= 0.3 is 29.6 Å². The maximum atomic E-state index is 10.9. The average molecular weight is 204 g/mol. The normalized spacial score (nSPS) is 12.3. The zero-order valence-electron chi connectivity index (χ0n) is 9.29. The van der Waals surface area contributed by atoms with Crippen LogP contribution < -0.4 is 29.6 Å². The molecule has 0 aromatic heterocycles. The second-order valence-electron chi connectivity index (χ2n) is 2.72.